The highest BCUT2D eigenvalue weighted by molar-refractivity contribution is 5.90. The third-order valence-electron chi connectivity index (χ3n) is 5.56. The van der Waals surface area contributed by atoms with E-state index in [9.17, 15) is 9.18 Å². The standard InChI is InChI=1S/C22H24FN7O/c1-13-8-15(3)30(19(9-13)21-24-6-7-27-29-21)22(31)28-17-5-4-14(2)18(10-17)20-25-11-16(23)12-26-20/h4-7,10-13,15,19H,8-9H2,1-3H3,(H,28,31)/t13-,15+,19?/m0/s1. The van der Waals surface area contributed by atoms with E-state index in [0.29, 0.717) is 23.3 Å². The number of piperidine rings is 1. The van der Waals surface area contributed by atoms with E-state index in [1.165, 1.54) is 6.20 Å². The molecule has 9 heteroatoms. The number of urea groups is 1. The summed E-state index contributed by atoms with van der Waals surface area (Å²) in [7, 11) is 0. The lowest BCUT2D eigenvalue weighted by molar-refractivity contribution is 0.0954. The van der Waals surface area contributed by atoms with Gasteiger partial charge >= 0.3 is 6.03 Å². The molecule has 1 aliphatic heterocycles. The molecule has 31 heavy (non-hydrogen) atoms. The molecular weight excluding hydrogens is 397 g/mol. The molecular formula is C22H24FN7O. The van der Waals surface area contributed by atoms with Crippen LogP contribution in [0.15, 0.2) is 43.0 Å². The Morgan fingerprint density at radius 1 is 1.13 bits per heavy atom. The van der Waals surface area contributed by atoms with Crippen molar-refractivity contribution in [1.82, 2.24) is 30.0 Å². The van der Waals surface area contributed by atoms with Crippen LogP contribution in [0.4, 0.5) is 14.9 Å². The van der Waals surface area contributed by atoms with Gasteiger partial charge in [-0.25, -0.2) is 24.1 Å². The topological polar surface area (TPSA) is 96.8 Å². The van der Waals surface area contributed by atoms with Gasteiger partial charge in [0.2, 0.25) is 0 Å². The molecule has 0 saturated carbocycles. The van der Waals surface area contributed by atoms with Gasteiger partial charge < -0.3 is 10.2 Å². The summed E-state index contributed by atoms with van der Waals surface area (Å²) in [5.41, 5.74) is 2.26. The molecule has 3 atom stereocenters. The fourth-order valence-electron chi connectivity index (χ4n) is 4.16. The summed E-state index contributed by atoms with van der Waals surface area (Å²) in [6.45, 7) is 6.12. The predicted molar refractivity (Wildman–Crippen MR) is 113 cm³/mol. The van der Waals surface area contributed by atoms with Gasteiger partial charge in [0.1, 0.15) is 0 Å². The third kappa shape index (κ3) is 4.50. The Bertz CT molecular complexity index is 1060. The van der Waals surface area contributed by atoms with E-state index in [0.717, 1.165) is 36.4 Å². The minimum Gasteiger partial charge on any atom is -0.311 e. The third-order valence-corrected chi connectivity index (χ3v) is 5.56. The first-order valence-corrected chi connectivity index (χ1v) is 10.2. The lowest BCUT2D eigenvalue weighted by Gasteiger charge is -2.42. The van der Waals surface area contributed by atoms with Crippen LogP contribution in [0.1, 0.15) is 44.1 Å². The first kappa shape index (κ1) is 20.8. The van der Waals surface area contributed by atoms with Gasteiger partial charge in [0.05, 0.1) is 24.6 Å². The second-order valence-corrected chi connectivity index (χ2v) is 8.03. The summed E-state index contributed by atoms with van der Waals surface area (Å²) in [6, 6.07) is 5.04. The Kier molecular flexibility index (Phi) is 5.83. The molecule has 2 amide bonds. The molecule has 1 aromatic carbocycles. The highest BCUT2D eigenvalue weighted by Gasteiger charge is 2.37. The largest absolute Gasteiger partial charge is 0.322 e. The molecule has 1 saturated heterocycles. The van der Waals surface area contributed by atoms with Crippen LogP contribution in [-0.4, -0.2) is 42.1 Å². The van der Waals surface area contributed by atoms with E-state index in [1.54, 1.807) is 17.2 Å². The molecule has 3 aromatic rings. The van der Waals surface area contributed by atoms with Gasteiger partial charge in [-0.2, -0.15) is 5.10 Å². The van der Waals surface area contributed by atoms with Crippen molar-refractivity contribution in [1.29, 1.82) is 0 Å². The number of hydrogen-bond donors (Lipinski definition) is 1. The molecule has 1 fully saturated rings. The van der Waals surface area contributed by atoms with Gasteiger partial charge in [0, 0.05) is 23.5 Å². The molecule has 160 valence electrons. The first-order chi connectivity index (χ1) is 14.9. The second-order valence-electron chi connectivity index (χ2n) is 8.03. The fraction of sp³-hybridized carbons (Fsp3) is 0.364. The lowest BCUT2D eigenvalue weighted by atomic mass is 9.87. The van der Waals surface area contributed by atoms with E-state index in [-0.39, 0.29) is 18.1 Å². The molecule has 8 nitrogen and oxygen atoms in total. The van der Waals surface area contributed by atoms with Gasteiger partial charge in [-0.15, -0.1) is 5.10 Å². The molecule has 2 aromatic heterocycles. The minimum absolute atomic E-state index is 0.0166. The summed E-state index contributed by atoms with van der Waals surface area (Å²) < 4.78 is 13.2. The zero-order valence-electron chi connectivity index (χ0n) is 17.7. The van der Waals surface area contributed by atoms with Gasteiger partial charge in [0.25, 0.3) is 0 Å². The molecule has 1 unspecified atom stereocenters. The van der Waals surface area contributed by atoms with E-state index in [4.69, 9.17) is 0 Å². The van der Waals surface area contributed by atoms with Crippen LogP contribution in [0.2, 0.25) is 0 Å². The van der Waals surface area contributed by atoms with Crippen LogP contribution in [0.5, 0.6) is 0 Å². The summed E-state index contributed by atoms with van der Waals surface area (Å²) in [5, 5.41) is 11.1. The summed E-state index contributed by atoms with van der Waals surface area (Å²) in [5.74, 6) is 0.884. The van der Waals surface area contributed by atoms with Crippen molar-refractivity contribution in [3.63, 3.8) is 0 Å². The van der Waals surface area contributed by atoms with E-state index >= 15 is 0 Å². The van der Waals surface area contributed by atoms with Crippen LogP contribution in [0, 0.1) is 18.7 Å². The van der Waals surface area contributed by atoms with Gasteiger partial charge in [-0.3, -0.25) is 0 Å². The van der Waals surface area contributed by atoms with Crippen molar-refractivity contribution in [2.75, 3.05) is 5.32 Å². The van der Waals surface area contributed by atoms with Crippen molar-refractivity contribution in [2.45, 2.75) is 45.7 Å². The van der Waals surface area contributed by atoms with Crippen molar-refractivity contribution >= 4 is 11.7 Å². The monoisotopic (exact) mass is 421 g/mol. The normalized spacial score (nSPS) is 21.0. The maximum atomic E-state index is 13.3. The number of halogens is 1. The maximum absolute atomic E-state index is 13.3. The number of anilines is 1. The minimum atomic E-state index is -0.497. The number of nitrogens with zero attached hydrogens (tertiary/aromatic N) is 6. The number of carbonyl (C=O) groups is 1. The molecule has 0 radical (unpaired) electrons. The zero-order valence-corrected chi connectivity index (χ0v) is 17.7. The van der Waals surface area contributed by atoms with Crippen LogP contribution in [0.3, 0.4) is 0 Å². The molecule has 4 rings (SSSR count). The average molecular weight is 421 g/mol. The number of nitrogens with one attached hydrogen (secondary N) is 1. The average Bonchev–Trinajstić information content (AvgIpc) is 2.75. The van der Waals surface area contributed by atoms with Crippen molar-refractivity contribution < 1.29 is 9.18 Å². The van der Waals surface area contributed by atoms with E-state index < -0.39 is 5.82 Å². The predicted octanol–water partition coefficient (Wildman–Crippen LogP) is 4.17. The van der Waals surface area contributed by atoms with Gasteiger partial charge in [0.15, 0.2) is 17.5 Å². The number of hydrogen-bond acceptors (Lipinski definition) is 6. The van der Waals surface area contributed by atoms with Gasteiger partial charge in [-0.05, 0) is 50.3 Å². The number of rotatable bonds is 3. The van der Waals surface area contributed by atoms with Crippen LogP contribution in [0.25, 0.3) is 11.4 Å². The Labute approximate surface area is 180 Å². The summed E-state index contributed by atoms with van der Waals surface area (Å²) in [6.07, 6.45) is 7.04. The number of amides is 2. The van der Waals surface area contributed by atoms with Crippen LogP contribution < -0.4 is 5.32 Å². The summed E-state index contributed by atoms with van der Waals surface area (Å²) >= 11 is 0. The highest BCUT2D eigenvalue weighted by atomic mass is 19.1. The SMILES string of the molecule is Cc1ccc(NC(=O)N2C(c3nccnn3)C[C@@H](C)C[C@H]2C)cc1-c1ncc(F)cn1. The fourth-order valence-corrected chi connectivity index (χ4v) is 4.16. The molecule has 0 spiro atoms. The van der Waals surface area contributed by atoms with Crippen molar-refractivity contribution in [3.8, 4) is 11.4 Å². The lowest BCUT2D eigenvalue weighted by Crippen LogP contribution is -2.48. The summed E-state index contributed by atoms with van der Waals surface area (Å²) in [4.78, 5) is 27.6. The van der Waals surface area contributed by atoms with Crippen molar-refractivity contribution in [3.05, 3.63) is 60.2 Å². The molecule has 0 aliphatic carbocycles. The highest BCUT2D eigenvalue weighted by Crippen LogP contribution is 2.36. The number of aromatic nitrogens is 5. The molecule has 0 bridgehead atoms. The molecule has 3 heterocycles. The number of carbonyl (C=O) groups excluding carboxylic acids is 1. The van der Waals surface area contributed by atoms with Crippen LogP contribution in [-0.2, 0) is 0 Å². The Hall–Kier alpha value is -3.49. The van der Waals surface area contributed by atoms with E-state index in [2.05, 4.69) is 37.4 Å². The Morgan fingerprint density at radius 3 is 2.61 bits per heavy atom. The van der Waals surface area contributed by atoms with Crippen molar-refractivity contribution in [2.24, 2.45) is 5.92 Å². The maximum Gasteiger partial charge on any atom is 0.322 e. The zero-order chi connectivity index (χ0) is 22.0. The number of benzene rings is 1. The number of likely N-dealkylation sites (tertiary alicyclic amines) is 1. The Balaban J connectivity index is 1.60. The Morgan fingerprint density at radius 2 is 1.90 bits per heavy atom. The smallest absolute Gasteiger partial charge is 0.311 e. The second kappa shape index (κ2) is 8.71. The van der Waals surface area contributed by atoms with E-state index in [1.807, 2.05) is 26.0 Å². The molecule has 1 aliphatic rings. The molecule has 1 N–H and O–H groups in total. The van der Waals surface area contributed by atoms with Gasteiger partial charge in [-0.1, -0.05) is 13.0 Å². The number of aryl methyl sites for hydroxylation is 1. The first-order valence-electron chi connectivity index (χ1n) is 10.2. The van der Waals surface area contributed by atoms with Crippen LogP contribution >= 0.6 is 0 Å². The quantitative estimate of drug-likeness (QED) is 0.682.